The first-order valence-corrected chi connectivity index (χ1v) is 9.26. The molecule has 0 aliphatic heterocycles. The molecule has 0 amide bonds. The van der Waals surface area contributed by atoms with Crippen molar-refractivity contribution in [1.29, 1.82) is 0 Å². The number of hydrogen-bond donors (Lipinski definition) is 0. The van der Waals surface area contributed by atoms with E-state index in [0.29, 0.717) is 0 Å². The summed E-state index contributed by atoms with van der Waals surface area (Å²) in [6.07, 6.45) is 11.5. The van der Waals surface area contributed by atoms with E-state index < -0.39 is 31.3 Å². The maximum absolute atomic E-state index is 10.7. The molecular weight excluding hydrogens is 525 g/mol. The van der Waals surface area contributed by atoms with Crippen LogP contribution in [0.15, 0.2) is 36.5 Å². The number of fused-ring (bicyclic) bond motifs is 2. The van der Waals surface area contributed by atoms with Gasteiger partial charge in [0.25, 0.3) is 0 Å². The van der Waals surface area contributed by atoms with Crippen molar-refractivity contribution < 1.29 is 72.7 Å². The summed E-state index contributed by atoms with van der Waals surface area (Å²) in [5, 5.41) is 0. The van der Waals surface area contributed by atoms with Gasteiger partial charge in [0.05, 0.1) is 0 Å². The van der Waals surface area contributed by atoms with Gasteiger partial charge in [-0.2, -0.15) is 26.3 Å². The van der Waals surface area contributed by atoms with Gasteiger partial charge in [-0.3, -0.25) is 0 Å². The standard InChI is InChI=1S/C10H12.2CHF3O3S.Pd/c1-2-3-9-6-8-4-5-10(9)7-8;2*2-1(3,4)8(5,6)7;/h2,4-6,8,10H,1,3,7H2;2*(H,5,6,7);/q;;;+2/p-2. The molecule has 2 bridgehead atoms. The van der Waals surface area contributed by atoms with Gasteiger partial charge in [-0.05, 0) is 24.7 Å². The zero-order valence-corrected chi connectivity index (χ0v) is 16.1. The van der Waals surface area contributed by atoms with E-state index >= 15 is 0 Å². The second kappa shape index (κ2) is 10.2. The van der Waals surface area contributed by atoms with Crippen LogP contribution in [0.2, 0.25) is 0 Å². The van der Waals surface area contributed by atoms with Crippen molar-refractivity contribution in [3.05, 3.63) is 36.5 Å². The average Bonchev–Trinajstić information content (AvgIpc) is 2.98. The van der Waals surface area contributed by atoms with Crippen LogP contribution >= 0.6 is 0 Å². The van der Waals surface area contributed by atoms with Crippen LogP contribution in [-0.2, 0) is 40.7 Å². The largest absolute Gasteiger partial charge is 2.00 e. The van der Waals surface area contributed by atoms with Crippen LogP contribution in [0.5, 0.6) is 0 Å². The van der Waals surface area contributed by atoms with Crippen molar-refractivity contribution >= 4 is 20.2 Å². The summed E-state index contributed by atoms with van der Waals surface area (Å²) >= 11 is 0. The van der Waals surface area contributed by atoms with E-state index in [-0.39, 0.29) is 20.4 Å². The number of allylic oxidation sites excluding steroid dienone is 5. The molecule has 0 heterocycles. The smallest absolute Gasteiger partial charge is 0.741 e. The number of rotatable bonds is 2. The Morgan fingerprint density at radius 3 is 1.56 bits per heavy atom. The van der Waals surface area contributed by atoms with Crippen LogP contribution in [0.25, 0.3) is 0 Å². The van der Waals surface area contributed by atoms with Crippen LogP contribution in [-0.4, -0.2) is 37.0 Å². The third-order valence-corrected chi connectivity index (χ3v) is 4.10. The molecule has 6 nitrogen and oxygen atoms in total. The zero-order valence-electron chi connectivity index (χ0n) is 12.9. The maximum atomic E-state index is 10.7. The van der Waals surface area contributed by atoms with E-state index in [2.05, 4.69) is 24.8 Å². The molecule has 160 valence electrons. The Hall–Kier alpha value is -0.718. The Morgan fingerprint density at radius 2 is 1.37 bits per heavy atom. The molecule has 0 fully saturated rings. The first-order valence-electron chi connectivity index (χ1n) is 6.44. The van der Waals surface area contributed by atoms with Crippen LogP contribution < -0.4 is 0 Å². The van der Waals surface area contributed by atoms with Crippen molar-refractivity contribution in [2.45, 2.75) is 23.9 Å². The number of alkyl halides is 6. The molecule has 2 aliphatic rings. The van der Waals surface area contributed by atoms with E-state index in [1.807, 2.05) is 6.08 Å². The summed E-state index contributed by atoms with van der Waals surface area (Å²) in [6.45, 7) is 3.74. The average molecular weight is 537 g/mol. The van der Waals surface area contributed by atoms with E-state index in [4.69, 9.17) is 25.9 Å². The minimum Gasteiger partial charge on any atom is -0.741 e. The minimum absolute atomic E-state index is 0. The Labute approximate surface area is 165 Å². The van der Waals surface area contributed by atoms with Crippen molar-refractivity contribution in [1.82, 2.24) is 0 Å². The SMILES string of the molecule is C=CCC1=CC2C=CC1C2.O=S(=O)([O-])C(F)(F)F.O=S(=O)([O-])C(F)(F)F.[Pd+2]. The van der Waals surface area contributed by atoms with E-state index in [1.54, 1.807) is 5.57 Å². The molecule has 2 unspecified atom stereocenters. The third kappa shape index (κ3) is 9.86. The first kappa shape index (κ1) is 28.5. The predicted molar refractivity (Wildman–Crippen MR) is 75.1 cm³/mol. The van der Waals surface area contributed by atoms with Crippen LogP contribution in [0.1, 0.15) is 12.8 Å². The maximum Gasteiger partial charge on any atom is 2.00 e. The van der Waals surface area contributed by atoms with Gasteiger partial charge >= 0.3 is 31.4 Å². The van der Waals surface area contributed by atoms with Gasteiger partial charge in [0.2, 0.25) is 0 Å². The first-order chi connectivity index (χ1) is 11.4. The monoisotopic (exact) mass is 536 g/mol. The normalized spacial score (nSPS) is 21.1. The van der Waals surface area contributed by atoms with Gasteiger partial charge in [0.15, 0.2) is 20.2 Å². The fraction of sp³-hybridized carbons (Fsp3) is 0.500. The van der Waals surface area contributed by atoms with Crippen LogP contribution in [0.3, 0.4) is 0 Å². The molecule has 2 atom stereocenters. The Kier molecular flexibility index (Phi) is 10.7. The summed E-state index contributed by atoms with van der Waals surface area (Å²) in [5.74, 6) is 1.53. The summed E-state index contributed by atoms with van der Waals surface area (Å²) in [6, 6.07) is 0. The topological polar surface area (TPSA) is 114 Å². The van der Waals surface area contributed by atoms with E-state index in [9.17, 15) is 26.3 Å². The fourth-order valence-electron chi connectivity index (χ4n) is 1.91. The predicted octanol–water partition coefficient (Wildman–Crippen LogP) is 2.80. The number of hydrogen-bond acceptors (Lipinski definition) is 6. The van der Waals surface area contributed by atoms with Gasteiger partial charge in [0, 0.05) is 0 Å². The van der Waals surface area contributed by atoms with E-state index in [0.717, 1.165) is 18.3 Å². The molecule has 2 rings (SSSR count). The minimum atomic E-state index is -6.09. The van der Waals surface area contributed by atoms with Crippen molar-refractivity contribution in [3.8, 4) is 0 Å². The molecule has 0 spiro atoms. The molecule has 15 heteroatoms. The van der Waals surface area contributed by atoms with Crippen molar-refractivity contribution in [2.24, 2.45) is 11.8 Å². The van der Waals surface area contributed by atoms with Crippen LogP contribution in [0, 0.1) is 11.8 Å². The summed E-state index contributed by atoms with van der Waals surface area (Å²) in [5.41, 5.74) is -9.71. The summed E-state index contributed by atoms with van der Waals surface area (Å²) in [7, 11) is -12.2. The summed E-state index contributed by atoms with van der Waals surface area (Å²) < 4.78 is 118. The van der Waals surface area contributed by atoms with E-state index in [1.165, 1.54) is 6.42 Å². The third-order valence-electron chi connectivity index (χ3n) is 2.97. The zero-order chi connectivity index (χ0) is 21.0. The summed E-state index contributed by atoms with van der Waals surface area (Å²) in [4.78, 5) is 0. The van der Waals surface area contributed by atoms with Gasteiger partial charge in [-0.15, -0.1) is 6.58 Å². The molecule has 0 aromatic carbocycles. The van der Waals surface area contributed by atoms with Gasteiger partial charge in [0.1, 0.15) is 0 Å². The molecule has 0 radical (unpaired) electrons. The molecule has 0 aromatic rings. The quantitative estimate of drug-likeness (QED) is 0.176. The molecular formula is C12H12F6O6PdS2. The van der Waals surface area contributed by atoms with Gasteiger partial charge in [-0.25, -0.2) is 16.8 Å². The van der Waals surface area contributed by atoms with Crippen molar-refractivity contribution in [3.63, 3.8) is 0 Å². The second-order valence-electron chi connectivity index (χ2n) is 4.93. The number of halogens is 6. The van der Waals surface area contributed by atoms with Gasteiger partial charge in [-0.1, -0.05) is 29.9 Å². The molecule has 0 saturated carbocycles. The Morgan fingerprint density at radius 1 is 1.00 bits per heavy atom. The molecule has 0 N–H and O–H groups in total. The molecule has 27 heavy (non-hydrogen) atoms. The van der Waals surface area contributed by atoms with Gasteiger partial charge < -0.3 is 9.11 Å². The molecule has 0 aromatic heterocycles. The molecule has 0 saturated heterocycles. The Balaban J connectivity index is 0. The Bertz CT molecular complexity index is 725. The molecule has 2 aliphatic carbocycles. The fourth-order valence-corrected chi connectivity index (χ4v) is 1.91. The van der Waals surface area contributed by atoms with Crippen LogP contribution in [0.4, 0.5) is 26.3 Å². The van der Waals surface area contributed by atoms with Crippen molar-refractivity contribution in [2.75, 3.05) is 0 Å². The second-order valence-corrected chi connectivity index (χ2v) is 7.67.